The zero-order chi connectivity index (χ0) is 18.8. The SMILES string of the molecule is CCC1(C)CC(NC(=O)c2ccccc2)C(C)C(C)(CC)N1C(C)O. The van der Waals surface area contributed by atoms with Crippen LogP contribution >= 0.6 is 0 Å². The number of likely N-dealkylation sites (tertiary alicyclic amines) is 1. The molecule has 0 aliphatic carbocycles. The molecule has 0 spiro atoms. The van der Waals surface area contributed by atoms with E-state index in [2.05, 4.69) is 44.8 Å². The highest BCUT2D eigenvalue weighted by atomic mass is 16.3. The molecule has 1 aliphatic rings. The van der Waals surface area contributed by atoms with Gasteiger partial charge in [0.15, 0.2) is 0 Å². The lowest BCUT2D eigenvalue weighted by molar-refractivity contribution is -0.172. The Hall–Kier alpha value is -1.39. The number of benzene rings is 1. The number of aliphatic hydroxyl groups is 1. The van der Waals surface area contributed by atoms with Gasteiger partial charge in [0.1, 0.15) is 6.23 Å². The quantitative estimate of drug-likeness (QED) is 0.852. The van der Waals surface area contributed by atoms with Crippen LogP contribution in [-0.2, 0) is 0 Å². The van der Waals surface area contributed by atoms with E-state index in [-0.39, 0.29) is 28.9 Å². The average molecular weight is 347 g/mol. The van der Waals surface area contributed by atoms with Gasteiger partial charge in [-0.05, 0) is 58.1 Å². The van der Waals surface area contributed by atoms with Crippen LogP contribution in [0.2, 0.25) is 0 Å². The van der Waals surface area contributed by atoms with Crippen LogP contribution < -0.4 is 5.32 Å². The largest absolute Gasteiger partial charge is 0.379 e. The lowest BCUT2D eigenvalue weighted by atomic mass is 9.66. The average Bonchev–Trinajstić information content (AvgIpc) is 2.59. The molecular formula is C21H34N2O2. The van der Waals surface area contributed by atoms with Crippen molar-refractivity contribution in [2.24, 2.45) is 5.92 Å². The first-order valence-corrected chi connectivity index (χ1v) is 9.53. The van der Waals surface area contributed by atoms with Gasteiger partial charge >= 0.3 is 0 Å². The molecule has 1 fully saturated rings. The number of nitrogens with zero attached hydrogens (tertiary/aromatic N) is 1. The zero-order valence-electron chi connectivity index (χ0n) is 16.5. The van der Waals surface area contributed by atoms with Crippen LogP contribution in [0.15, 0.2) is 30.3 Å². The van der Waals surface area contributed by atoms with Crippen molar-refractivity contribution in [3.05, 3.63) is 35.9 Å². The molecule has 0 saturated carbocycles. The number of piperidine rings is 1. The fourth-order valence-corrected chi connectivity index (χ4v) is 4.72. The molecule has 1 amide bonds. The standard InChI is InChI=1S/C21H34N2O2/c1-7-20(5)14-18(22-19(25)17-12-10-9-11-13-17)15(3)21(6,8-2)23(20)16(4)24/h9-13,15-16,18,24H,7-8,14H2,1-6H3,(H,22,25). The van der Waals surface area contributed by atoms with Gasteiger partial charge in [-0.3, -0.25) is 9.69 Å². The van der Waals surface area contributed by atoms with Crippen LogP contribution in [0.5, 0.6) is 0 Å². The van der Waals surface area contributed by atoms with Crippen molar-refractivity contribution in [2.75, 3.05) is 0 Å². The van der Waals surface area contributed by atoms with Gasteiger partial charge in [0.05, 0.1) is 0 Å². The third kappa shape index (κ3) is 3.61. The first-order valence-electron chi connectivity index (χ1n) is 9.53. The molecule has 1 aromatic rings. The Bertz CT molecular complexity index is 589. The van der Waals surface area contributed by atoms with Crippen molar-refractivity contribution in [2.45, 2.75) is 84.2 Å². The number of aliphatic hydroxyl groups excluding tert-OH is 1. The number of hydrogen-bond acceptors (Lipinski definition) is 3. The number of rotatable bonds is 5. The van der Waals surface area contributed by atoms with E-state index in [0.29, 0.717) is 5.56 Å². The lowest BCUT2D eigenvalue weighted by Gasteiger charge is -2.61. The smallest absolute Gasteiger partial charge is 0.251 e. The predicted molar refractivity (Wildman–Crippen MR) is 102 cm³/mol. The van der Waals surface area contributed by atoms with Gasteiger partial charge in [0.2, 0.25) is 0 Å². The van der Waals surface area contributed by atoms with E-state index in [1.54, 1.807) is 0 Å². The van der Waals surface area contributed by atoms with Gasteiger partial charge in [-0.15, -0.1) is 0 Å². The number of carbonyl (C=O) groups is 1. The summed E-state index contributed by atoms with van der Waals surface area (Å²) in [6, 6.07) is 9.48. The molecule has 140 valence electrons. The van der Waals surface area contributed by atoms with Gasteiger partial charge in [-0.2, -0.15) is 0 Å². The molecule has 1 aliphatic heterocycles. The van der Waals surface area contributed by atoms with E-state index >= 15 is 0 Å². The number of nitrogens with one attached hydrogen (secondary N) is 1. The van der Waals surface area contributed by atoms with E-state index in [4.69, 9.17) is 0 Å². The van der Waals surface area contributed by atoms with Crippen LogP contribution in [0, 0.1) is 5.92 Å². The summed E-state index contributed by atoms with van der Waals surface area (Å²) in [5.41, 5.74) is 0.371. The maximum atomic E-state index is 12.7. The Morgan fingerprint density at radius 3 is 2.36 bits per heavy atom. The third-order valence-corrected chi connectivity index (χ3v) is 6.58. The highest BCUT2D eigenvalue weighted by molar-refractivity contribution is 5.94. The first-order chi connectivity index (χ1) is 11.7. The molecule has 1 saturated heterocycles. The van der Waals surface area contributed by atoms with Crippen LogP contribution in [0.1, 0.15) is 71.2 Å². The van der Waals surface area contributed by atoms with E-state index in [1.165, 1.54) is 0 Å². The third-order valence-electron chi connectivity index (χ3n) is 6.58. The highest BCUT2D eigenvalue weighted by Crippen LogP contribution is 2.46. The summed E-state index contributed by atoms with van der Waals surface area (Å²) in [7, 11) is 0. The van der Waals surface area contributed by atoms with Crippen molar-refractivity contribution in [1.82, 2.24) is 10.2 Å². The first kappa shape index (κ1) is 19.9. The summed E-state index contributed by atoms with van der Waals surface area (Å²) >= 11 is 0. The van der Waals surface area contributed by atoms with Crippen molar-refractivity contribution in [1.29, 1.82) is 0 Å². The Morgan fingerprint density at radius 1 is 1.28 bits per heavy atom. The van der Waals surface area contributed by atoms with Crippen LogP contribution in [-0.4, -0.2) is 39.3 Å². The van der Waals surface area contributed by atoms with E-state index in [9.17, 15) is 9.90 Å². The summed E-state index contributed by atoms with van der Waals surface area (Å²) < 4.78 is 0. The summed E-state index contributed by atoms with van der Waals surface area (Å²) in [6.07, 6.45) is 2.18. The van der Waals surface area contributed by atoms with Crippen molar-refractivity contribution in [3.63, 3.8) is 0 Å². The van der Waals surface area contributed by atoms with Crippen LogP contribution in [0.4, 0.5) is 0 Å². The molecule has 0 bridgehead atoms. The minimum atomic E-state index is -0.511. The van der Waals surface area contributed by atoms with Gasteiger partial charge < -0.3 is 10.4 Å². The van der Waals surface area contributed by atoms with Crippen molar-refractivity contribution >= 4 is 5.91 Å². The Kier molecular flexibility index (Phi) is 5.95. The van der Waals surface area contributed by atoms with Gasteiger partial charge in [0.25, 0.3) is 5.91 Å². The number of carbonyl (C=O) groups excluding carboxylic acids is 1. The fraction of sp³-hybridized carbons (Fsp3) is 0.667. The van der Waals surface area contributed by atoms with Crippen molar-refractivity contribution < 1.29 is 9.90 Å². The molecule has 0 aromatic heterocycles. The molecule has 1 heterocycles. The topological polar surface area (TPSA) is 52.6 Å². The van der Waals surface area contributed by atoms with Gasteiger partial charge in [0, 0.05) is 22.7 Å². The van der Waals surface area contributed by atoms with Crippen LogP contribution in [0.25, 0.3) is 0 Å². The highest BCUT2D eigenvalue weighted by Gasteiger charge is 2.54. The Morgan fingerprint density at radius 2 is 1.88 bits per heavy atom. The molecule has 2 rings (SSSR count). The molecule has 2 N–H and O–H groups in total. The second-order valence-corrected chi connectivity index (χ2v) is 8.00. The predicted octanol–water partition coefficient (Wildman–Crippen LogP) is 3.80. The summed E-state index contributed by atoms with van der Waals surface area (Å²) in [6.45, 7) is 12.8. The monoisotopic (exact) mass is 346 g/mol. The molecular weight excluding hydrogens is 312 g/mol. The molecule has 4 heteroatoms. The number of hydrogen-bond donors (Lipinski definition) is 2. The molecule has 4 nitrogen and oxygen atoms in total. The minimum Gasteiger partial charge on any atom is -0.379 e. The zero-order valence-corrected chi connectivity index (χ0v) is 16.5. The Balaban J connectivity index is 2.33. The summed E-state index contributed by atoms with van der Waals surface area (Å²) in [4.78, 5) is 15.0. The van der Waals surface area contributed by atoms with E-state index in [1.807, 2.05) is 37.3 Å². The van der Waals surface area contributed by atoms with E-state index < -0.39 is 6.23 Å². The van der Waals surface area contributed by atoms with Gasteiger partial charge in [-0.1, -0.05) is 39.0 Å². The molecule has 5 atom stereocenters. The lowest BCUT2D eigenvalue weighted by Crippen LogP contribution is -2.72. The second kappa shape index (κ2) is 7.46. The van der Waals surface area contributed by atoms with Crippen LogP contribution in [0.3, 0.4) is 0 Å². The molecule has 1 aromatic carbocycles. The van der Waals surface area contributed by atoms with Crippen molar-refractivity contribution in [3.8, 4) is 0 Å². The maximum absolute atomic E-state index is 12.7. The maximum Gasteiger partial charge on any atom is 0.251 e. The molecule has 25 heavy (non-hydrogen) atoms. The molecule has 5 unspecified atom stereocenters. The Labute approximate surface area is 152 Å². The molecule has 0 radical (unpaired) electrons. The van der Waals surface area contributed by atoms with Gasteiger partial charge in [-0.25, -0.2) is 0 Å². The number of amides is 1. The van der Waals surface area contributed by atoms with E-state index in [0.717, 1.165) is 19.3 Å². The summed E-state index contributed by atoms with van der Waals surface area (Å²) in [5, 5.41) is 13.8. The fourth-order valence-electron chi connectivity index (χ4n) is 4.72. The minimum absolute atomic E-state index is 0.0140. The summed E-state index contributed by atoms with van der Waals surface area (Å²) in [5.74, 6) is 0.222. The second-order valence-electron chi connectivity index (χ2n) is 8.00. The normalized spacial score (nSPS) is 34.5.